The van der Waals surface area contributed by atoms with Crippen LogP contribution in [0.15, 0.2) is 9.72 Å². The predicted octanol–water partition coefficient (Wildman–Crippen LogP) is 1.15. The van der Waals surface area contributed by atoms with Crippen molar-refractivity contribution in [1.82, 2.24) is 9.71 Å². The van der Waals surface area contributed by atoms with Gasteiger partial charge in [-0.25, -0.2) is 22.9 Å². The normalized spacial score (nSPS) is 16.9. The molecule has 1 saturated carbocycles. The quantitative estimate of drug-likeness (QED) is 0.841. The first-order valence-electron chi connectivity index (χ1n) is 5.58. The lowest BCUT2D eigenvalue weighted by Gasteiger charge is -2.11. The zero-order valence-electron chi connectivity index (χ0n) is 9.88. The molecule has 2 rings (SSSR count). The van der Waals surface area contributed by atoms with E-state index in [2.05, 4.69) is 14.4 Å². The molecule has 0 bridgehead atoms. The summed E-state index contributed by atoms with van der Waals surface area (Å²) < 4.78 is 31.3. The molecule has 1 N–H and O–H groups in total. The smallest absolute Gasteiger partial charge is 0.358 e. The highest BCUT2D eigenvalue weighted by Crippen LogP contribution is 2.24. The molecule has 8 heteroatoms. The van der Waals surface area contributed by atoms with Crippen LogP contribution in [0.2, 0.25) is 0 Å². The highest BCUT2D eigenvalue weighted by atomic mass is 32.2. The molecular weight excluding hydrogens is 276 g/mol. The molecule has 1 heterocycles. The minimum atomic E-state index is -3.68. The predicted molar refractivity (Wildman–Crippen MR) is 66.0 cm³/mol. The summed E-state index contributed by atoms with van der Waals surface area (Å²) >= 11 is 0.921. The molecule has 1 aliphatic carbocycles. The first-order chi connectivity index (χ1) is 8.54. The van der Waals surface area contributed by atoms with Gasteiger partial charge in [-0.05, 0) is 12.8 Å². The molecule has 100 valence electrons. The molecule has 6 nitrogen and oxygen atoms in total. The maximum Gasteiger partial charge on any atom is 0.358 e. The van der Waals surface area contributed by atoms with Gasteiger partial charge in [0, 0.05) is 6.04 Å². The van der Waals surface area contributed by atoms with Gasteiger partial charge in [-0.15, -0.1) is 11.3 Å². The number of methoxy groups -OCH3 is 1. The van der Waals surface area contributed by atoms with Crippen molar-refractivity contribution >= 4 is 27.3 Å². The molecule has 0 saturated heterocycles. The van der Waals surface area contributed by atoms with Crippen molar-refractivity contribution in [2.75, 3.05) is 7.11 Å². The van der Waals surface area contributed by atoms with Gasteiger partial charge in [0.15, 0.2) is 9.90 Å². The van der Waals surface area contributed by atoms with Crippen LogP contribution in [-0.4, -0.2) is 32.5 Å². The lowest BCUT2D eigenvalue weighted by Crippen LogP contribution is -2.33. The fourth-order valence-corrected chi connectivity index (χ4v) is 4.43. The lowest BCUT2D eigenvalue weighted by molar-refractivity contribution is 0.0590. The molecule has 1 aliphatic rings. The zero-order valence-corrected chi connectivity index (χ0v) is 11.5. The third-order valence-corrected chi connectivity index (χ3v) is 5.72. The average Bonchev–Trinajstić information content (AvgIpc) is 2.97. The van der Waals surface area contributed by atoms with Crippen LogP contribution in [0.1, 0.15) is 36.2 Å². The van der Waals surface area contributed by atoms with Gasteiger partial charge in [-0.1, -0.05) is 12.8 Å². The first-order valence-corrected chi connectivity index (χ1v) is 7.95. The Hall–Kier alpha value is -0.990. The number of esters is 1. The van der Waals surface area contributed by atoms with Crippen molar-refractivity contribution in [3.05, 3.63) is 11.2 Å². The van der Waals surface area contributed by atoms with E-state index in [1.54, 1.807) is 0 Å². The molecule has 1 fully saturated rings. The fourth-order valence-electron chi connectivity index (χ4n) is 1.98. The molecule has 1 aromatic heterocycles. The SMILES string of the molecule is COC(=O)c1ncsc1S(=O)(=O)NC1CCCC1. The van der Waals surface area contributed by atoms with Gasteiger partial charge in [0.25, 0.3) is 10.0 Å². The number of carbonyl (C=O) groups is 1. The Kier molecular flexibility index (Phi) is 3.98. The summed E-state index contributed by atoms with van der Waals surface area (Å²) in [6.07, 6.45) is 3.73. The molecule has 0 spiro atoms. The van der Waals surface area contributed by atoms with Crippen molar-refractivity contribution in [1.29, 1.82) is 0 Å². The second-order valence-electron chi connectivity index (χ2n) is 4.08. The number of aromatic nitrogens is 1. The van der Waals surface area contributed by atoms with Crippen molar-refractivity contribution < 1.29 is 17.9 Å². The summed E-state index contributed by atoms with van der Waals surface area (Å²) in [4.78, 5) is 15.2. The van der Waals surface area contributed by atoms with E-state index < -0.39 is 16.0 Å². The molecular formula is C10H14N2O4S2. The highest BCUT2D eigenvalue weighted by molar-refractivity contribution is 7.91. The summed E-state index contributed by atoms with van der Waals surface area (Å²) in [6.45, 7) is 0. The summed E-state index contributed by atoms with van der Waals surface area (Å²) in [5.74, 6) is -0.733. The van der Waals surface area contributed by atoms with Gasteiger partial charge >= 0.3 is 5.97 Å². The van der Waals surface area contributed by atoms with Crippen molar-refractivity contribution in [3.63, 3.8) is 0 Å². The third kappa shape index (κ3) is 2.70. The van der Waals surface area contributed by atoms with Crippen molar-refractivity contribution in [3.8, 4) is 0 Å². The number of nitrogens with zero attached hydrogens (tertiary/aromatic N) is 1. The Morgan fingerprint density at radius 1 is 1.50 bits per heavy atom. The summed E-state index contributed by atoms with van der Waals surface area (Å²) in [5.41, 5.74) is 1.18. The molecule has 0 amide bonds. The van der Waals surface area contributed by atoms with Gasteiger partial charge in [-0.2, -0.15) is 0 Å². The van der Waals surface area contributed by atoms with E-state index in [9.17, 15) is 13.2 Å². The lowest BCUT2D eigenvalue weighted by atomic mass is 10.3. The van der Waals surface area contributed by atoms with Crippen LogP contribution >= 0.6 is 11.3 Å². The van der Waals surface area contributed by atoms with Crippen LogP contribution < -0.4 is 4.72 Å². The number of nitrogens with one attached hydrogen (secondary N) is 1. The number of hydrogen-bond donors (Lipinski definition) is 1. The van der Waals surface area contributed by atoms with E-state index in [1.165, 1.54) is 12.6 Å². The van der Waals surface area contributed by atoms with E-state index in [-0.39, 0.29) is 15.9 Å². The Balaban J connectivity index is 2.24. The average molecular weight is 290 g/mol. The molecule has 0 radical (unpaired) electrons. The summed E-state index contributed by atoms with van der Waals surface area (Å²) in [7, 11) is -2.48. The molecule has 0 aliphatic heterocycles. The van der Waals surface area contributed by atoms with Crippen molar-refractivity contribution in [2.24, 2.45) is 0 Å². The number of sulfonamides is 1. The zero-order chi connectivity index (χ0) is 13.2. The van der Waals surface area contributed by atoms with Crippen LogP contribution in [0.25, 0.3) is 0 Å². The first kappa shape index (κ1) is 13.4. The Morgan fingerprint density at radius 3 is 2.78 bits per heavy atom. The monoisotopic (exact) mass is 290 g/mol. The van der Waals surface area contributed by atoms with Gasteiger partial charge < -0.3 is 4.74 Å². The van der Waals surface area contributed by atoms with E-state index in [1.807, 2.05) is 0 Å². The summed E-state index contributed by atoms with van der Waals surface area (Å²) in [6, 6.07) is -0.0393. The van der Waals surface area contributed by atoms with Gasteiger partial charge in [0.05, 0.1) is 12.6 Å². The van der Waals surface area contributed by atoms with Gasteiger partial charge in [0.1, 0.15) is 0 Å². The van der Waals surface area contributed by atoms with E-state index in [4.69, 9.17) is 0 Å². The minimum Gasteiger partial charge on any atom is -0.464 e. The largest absolute Gasteiger partial charge is 0.464 e. The number of rotatable bonds is 4. The van der Waals surface area contributed by atoms with Crippen molar-refractivity contribution in [2.45, 2.75) is 35.9 Å². The standard InChI is InChI=1S/C10H14N2O4S2/c1-16-9(13)8-10(17-6-11-8)18(14,15)12-7-4-2-3-5-7/h6-7,12H,2-5H2,1H3. The Labute approximate surface area is 109 Å². The van der Waals surface area contributed by atoms with Crippen LogP contribution in [0.3, 0.4) is 0 Å². The molecule has 0 unspecified atom stereocenters. The number of thiazole rings is 1. The third-order valence-electron chi connectivity index (χ3n) is 2.83. The minimum absolute atomic E-state index is 0.0393. The van der Waals surface area contributed by atoms with Crippen LogP contribution in [0.5, 0.6) is 0 Å². The molecule has 0 atom stereocenters. The van der Waals surface area contributed by atoms with E-state index in [0.29, 0.717) is 0 Å². The van der Waals surface area contributed by atoms with Crippen LogP contribution in [-0.2, 0) is 14.8 Å². The van der Waals surface area contributed by atoms with Gasteiger partial charge in [-0.3, -0.25) is 0 Å². The topological polar surface area (TPSA) is 85.4 Å². The highest BCUT2D eigenvalue weighted by Gasteiger charge is 2.29. The van der Waals surface area contributed by atoms with Crippen LogP contribution in [0, 0.1) is 0 Å². The molecule has 1 aromatic rings. The number of hydrogen-bond acceptors (Lipinski definition) is 6. The van der Waals surface area contributed by atoms with E-state index in [0.717, 1.165) is 37.0 Å². The van der Waals surface area contributed by atoms with E-state index >= 15 is 0 Å². The second-order valence-corrected chi connectivity index (χ2v) is 6.85. The summed E-state index contributed by atoms with van der Waals surface area (Å²) in [5, 5.41) is 0. The van der Waals surface area contributed by atoms with Crippen LogP contribution in [0.4, 0.5) is 0 Å². The Bertz CT molecular complexity index is 532. The second kappa shape index (κ2) is 5.33. The molecule has 0 aromatic carbocycles. The molecule has 18 heavy (non-hydrogen) atoms. The maximum absolute atomic E-state index is 12.1. The fraction of sp³-hybridized carbons (Fsp3) is 0.600. The number of ether oxygens (including phenoxy) is 1. The van der Waals surface area contributed by atoms with Gasteiger partial charge in [0.2, 0.25) is 0 Å². The number of carbonyl (C=O) groups excluding carboxylic acids is 1. The Morgan fingerprint density at radius 2 is 2.17 bits per heavy atom. The maximum atomic E-state index is 12.1.